The molecule has 0 saturated carbocycles. The first-order valence-electron chi connectivity index (χ1n) is 10.5. The zero-order chi connectivity index (χ0) is 23.0. The van der Waals surface area contributed by atoms with E-state index in [9.17, 15) is 4.79 Å². The van der Waals surface area contributed by atoms with Crippen LogP contribution in [0.5, 0.6) is 5.75 Å². The minimum atomic E-state index is -0.114. The van der Waals surface area contributed by atoms with Crippen molar-refractivity contribution in [2.75, 3.05) is 11.1 Å². The summed E-state index contributed by atoms with van der Waals surface area (Å²) in [7, 11) is 0. The van der Waals surface area contributed by atoms with Crippen molar-refractivity contribution < 1.29 is 9.53 Å². The normalized spacial score (nSPS) is 10.7. The van der Waals surface area contributed by atoms with Gasteiger partial charge in [0.25, 0.3) is 0 Å². The van der Waals surface area contributed by atoms with Crippen LogP contribution in [-0.2, 0) is 17.8 Å². The molecule has 0 aliphatic carbocycles. The number of rotatable bonds is 9. The van der Waals surface area contributed by atoms with Crippen molar-refractivity contribution in [2.24, 2.45) is 0 Å². The zero-order valence-electron chi connectivity index (χ0n) is 18.1. The van der Waals surface area contributed by atoms with E-state index in [2.05, 4.69) is 22.4 Å². The molecule has 0 spiro atoms. The van der Waals surface area contributed by atoms with Crippen LogP contribution in [0.4, 0.5) is 5.69 Å². The van der Waals surface area contributed by atoms with Crippen LogP contribution in [0.2, 0.25) is 5.02 Å². The highest BCUT2D eigenvalue weighted by Crippen LogP contribution is 2.24. The first kappa shape index (κ1) is 22.9. The molecule has 0 aliphatic rings. The topological polar surface area (TPSA) is 69.0 Å². The molecule has 0 aliphatic heterocycles. The van der Waals surface area contributed by atoms with Gasteiger partial charge in [0.2, 0.25) is 5.91 Å². The highest BCUT2D eigenvalue weighted by Gasteiger charge is 2.17. The third-order valence-electron chi connectivity index (χ3n) is 4.87. The lowest BCUT2D eigenvalue weighted by Crippen LogP contribution is -2.14. The molecule has 3 aromatic carbocycles. The summed E-state index contributed by atoms with van der Waals surface area (Å²) < 4.78 is 7.76. The average Bonchev–Trinajstić information content (AvgIpc) is 3.26. The Morgan fingerprint density at radius 1 is 1.00 bits per heavy atom. The molecule has 6 nitrogen and oxygen atoms in total. The maximum Gasteiger partial charge on any atom is 0.234 e. The molecule has 0 unspecified atom stereocenters. The van der Waals surface area contributed by atoms with Crippen LogP contribution in [0.25, 0.3) is 5.69 Å². The second-order valence-corrected chi connectivity index (χ2v) is 8.58. The Morgan fingerprint density at radius 3 is 2.42 bits per heavy atom. The Balaban J connectivity index is 1.48. The molecule has 0 bridgehead atoms. The second kappa shape index (κ2) is 11.0. The molecule has 1 amide bonds. The molecule has 4 rings (SSSR count). The zero-order valence-corrected chi connectivity index (χ0v) is 19.6. The third-order valence-corrected chi connectivity index (χ3v) is 6.06. The van der Waals surface area contributed by atoms with Crippen molar-refractivity contribution in [1.82, 2.24) is 14.8 Å². The molecule has 4 aromatic rings. The fourth-order valence-electron chi connectivity index (χ4n) is 3.15. The van der Waals surface area contributed by atoms with Gasteiger partial charge in [-0.1, -0.05) is 60.6 Å². The smallest absolute Gasteiger partial charge is 0.234 e. The summed E-state index contributed by atoms with van der Waals surface area (Å²) in [5.74, 6) is 1.45. The van der Waals surface area contributed by atoms with Crippen LogP contribution in [0.15, 0.2) is 84.0 Å². The number of aromatic nitrogens is 3. The molecule has 168 valence electrons. The molecule has 1 N–H and O–H groups in total. The Morgan fingerprint density at radius 2 is 1.73 bits per heavy atom. The first-order chi connectivity index (χ1) is 16.1. The van der Waals surface area contributed by atoms with Gasteiger partial charge in [-0.05, 0) is 60.5 Å². The van der Waals surface area contributed by atoms with Gasteiger partial charge in [-0.25, -0.2) is 0 Å². The minimum absolute atomic E-state index is 0.114. The Kier molecular flexibility index (Phi) is 7.65. The molecule has 0 saturated heterocycles. The fourth-order valence-corrected chi connectivity index (χ4v) is 4.05. The second-order valence-electron chi connectivity index (χ2n) is 7.20. The molecule has 0 fully saturated rings. The maximum atomic E-state index is 12.5. The number of hydrogen-bond donors (Lipinski definition) is 1. The minimum Gasteiger partial charge on any atom is -0.486 e. The van der Waals surface area contributed by atoms with Crippen LogP contribution in [-0.4, -0.2) is 26.4 Å². The summed E-state index contributed by atoms with van der Waals surface area (Å²) in [5.41, 5.74) is 2.84. The molecular formula is C25H23ClN4O2S. The van der Waals surface area contributed by atoms with Gasteiger partial charge in [0.1, 0.15) is 12.4 Å². The number of hydrogen-bond acceptors (Lipinski definition) is 5. The van der Waals surface area contributed by atoms with Gasteiger partial charge < -0.3 is 10.1 Å². The number of amides is 1. The van der Waals surface area contributed by atoms with Crippen molar-refractivity contribution >= 4 is 35.0 Å². The van der Waals surface area contributed by atoms with E-state index in [1.165, 1.54) is 17.3 Å². The number of halogens is 1. The van der Waals surface area contributed by atoms with Gasteiger partial charge in [0, 0.05) is 16.4 Å². The monoisotopic (exact) mass is 478 g/mol. The van der Waals surface area contributed by atoms with Gasteiger partial charge in [-0.2, -0.15) is 0 Å². The SMILES string of the molecule is CCc1ccc(NC(=O)CSc2nnc(COc3ccccc3)n2-c2ccc(Cl)cc2)cc1. The third kappa shape index (κ3) is 6.15. The molecule has 1 aromatic heterocycles. The maximum absolute atomic E-state index is 12.5. The summed E-state index contributed by atoms with van der Waals surface area (Å²) in [4.78, 5) is 12.5. The number of carbonyl (C=O) groups excluding carboxylic acids is 1. The number of carbonyl (C=O) groups is 1. The molecular weight excluding hydrogens is 456 g/mol. The van der Waals surface area contributed by atoms with Gasteiger partial charge in [-0.15, -0.1) is 10.2 Å². The van der Waals surface area contributed by atoms with Crippen LogP contribution in [0, 0.1) is 0 Å². The van der Waals surface area contributed by atoms with Crippen molar-refractivity contribution in [3.8, 4) is 11.4 Å². The number of ether oxygens (including phenoxy) is 1. The summed E-state index contributed by atoms with van der Waals surface area (Å²) in [6, 6.07) is 24.8. The lowest BCUT2D eigenvalue weighted by atomic mass is 10.1. The number of aryl methyl sites for hydroxylation is 1. The van der Waals surface area contributed by atoms with E-state index in [0.29, 0.717) is 16.0 Å². The summed E-state index contributed by atoms with van der Waals surface area (Å²) in [5, 5.41) is 12.8. The molecule has 8 heteroatoms. The Labute approximate surface area is 202 Å². The lowest BCUT2D eigenvalue weighted by Gasteiger charge is -2.11. The van der Waals surface area contributed by atoms with Crippen molar-refractivity contribution in [1.29, 1.82) is 0 Å². The Hall–Kier alpha value is -3.29. The number of nitrogens with one attached hydrogen (secondary N) is 1. The predicted molar refractivity (Wildman–Crippen MR) is 132 cm³/mol. The largest absolute Gasteiger partial charge is 0.486 e. The van der Waals surface area contributed by atoms with Crippen LogP contribution >= 0.6 is 23.4 Å². The van der Waals surface area contributed by atoms with Gasteiger partial charge in [0.05, 0.1) is 5.75 Å². The van der Waals surface area contributed by atoms with E-state index in [1.807, 2.05) is 71.3 Å². The van der Waals surface area contributed by atoms with E-state index in [0.717, 1.165) is 23.5 Å². The molecule has 0 atom stereocenters. The Bertz CT molecular complexity index is 1200. The van der Waals surface area contributed by atoms with E-state index in [-0.39, 0.29) is 18.3 Å². The van der Waals surface area contributed by atoms with Gasteiger partial charge >= 0.3 is 0 Å². The van der Waals surface area contributed by atoms with Crippen molar-refractivity contribution in [3.05, 3.63) is 95.3 Å². The molecule has 33 heavy (non-hydrogen) atoms. The van der Waals surface area contributed by atoms with Crippen LogP contribution in [0.3, 0.4) is 0 Å². The van der Waals surface area contributed by atoms with Gasteiger partial charge in [-0.3, -0.25) is 9.36 Å². The number of nitrogens with zero attached hydrogens (tertiary/aromatic N) is 3. The number of benzene rings is 3. The average molecular weight is 479 g/mol. The number of para-hydroxylation sites is 1. The van der Waals surface area contributed by atoms with E-state index in [1.54, 1.807) is 12.1 Å². The quantitative estimate of drug-likeness (QED) is 0.308. The number of thioether (sulfide) groups is 1. The van der Waals surface area contributed by atoms with E-state index >= 15 is 0 Å². The van der Waals surface area contributed by atoms with Crippen molar-refractivity contribution in [2.45, 2.75) is 25.1 Å². The fraction of sp³-hybridized carbons (Fsp3) is 0.160. The van der Waals surface area contributed by atoms with Crippen molar-refractivity contribution in [3.63, 3.8) is 0 Å². The number of anilines is 1. The molecule has 0 radical (unpaired) electrons. The first-order valence-corrected chi connectivity index (χ1v) is 11.9. The summed E-state index contributed by atoms with van der Waals surface area (Å²) in [6.45, 7) is 2.33. The molecule has 1 heterocycles. The highest BCUT2D eigenvalue weighted by atomic mass is 35.5. The lowest BCUT2D eigenvalue weighted by molar-refractivity contribution is -0.113. The predicted octanol–water partition coefficient (Wildman–Crippen LogP) is 5.79. The summed E-state index contributed by atoms with van der Waals surface area (Å²) >= 11 is 7.38. The van der Waals surface area contributed by atoms with Crippen LogP contribution in [0.1, 0.15) is 18.3 Å². The summed E-state index contributed by atoms with van der Waals surface area (Å²) in [6.07, 6.45) is 0.959. The highest BCUT2D eigenvalue weighted by molar-refractivity contribution is 7.99. The van der Waals surface area contributed by atoms with Gasteiger partial charge in [0.15, 0.2) is 11.0 Å². The van der Waals surface area contributed by atoms with Crippen LogP contribution < -0.4 is 10.1 Å². The van der Waals surface area contributed by atoms with E-state index in [4.69, 9.17) is 16.3 Å². The standard InChI is InChI=1S/C25H23ClN4O2S/c1-2-18-8-12-20(13-9-18)27-24(31)17-33-25-29-28-23(16-32-22-6-4-3-5-7-22)30(25)21-14-10-19(26)11-15-21/h3-15H,2,16-17H2,1H3,(H,27,31). The van der Waals surface area contributed by atoms with E-state index < -0.39 is 0 Å².